The van der Waals surface area contributed by atoms with Crippen molar-refractivity contribution < 1.29 is 9.21 Å². The van der Waals surface area contributed by atoms with Crippen molar-refractivity contribution in [2.45, 2.75) is 33.2 Å². The van der Waals surface area contributed by atoms with Crippen molar-refractivity contribution in [2.24, 2.45) is 0 Å². The van der Waals surface area contributed by atoms with Gasteiger partial charge in [0.25, 0.3) is 0 Å². The molecule has 0 fully saturated rings. The van der Waals surface area contributed by atoms with E-state index < -0.39 is 0 Å². The zero-order chi connectivity index (χ0) is 16.2. The van der Waals surface area contributed by atoms with Crippen LogP contribution in [0.5, 0.6) is 0 Å². The number of nitrogens with one attached hydrogen (secondary N) is 1. The van der Waals surface area contributed by atoms with Crippen LogP contribution in [0.4, 0.5) is 0 Å². The molecule has 2 aromatic carbocycles. The number of fused-ring (bicyclic) bond motifs is 1. The Morgan fingerprint density at radius 1 is 1.13 bits per heavy atom. The molecule has 0 saturated heterocycles. The SMILES string of the molecule is Cc1cccc(CNC(=O)CCc2ccc3oc(C)nc3c2)c1. The molecule has 1 aromatic heterocycles. The summed E-state index contributed by atoms with van der Waals surface area (Å²) in [5.74, 6) is 0.719. The van der Waals surface area contributed by atoms with E-state index in [9.17, 15) is 4.79 Å². The minimum absolute atomic E-state index is 0.0583. The number of hydrogen-bond donors (Lipinski definition) is 1. The van der Waals surface area contributed by atoms with Crippen LogP contribution in [0, 0.1) is 13.8 Å². The van der Waals surface area contributed by atoms with Gasteiger partial charge in [0.05, 0.1) is 0 Å². The van der Waals surface area contributed by atoms with Crippen LogP contribution >= 0.6 is 0 Å². The monoisotopic (exact) mass is 308 g/mol. The predicted molar refractivity (Wildman–Crippen MR) is 90.1 cm³/mol. The molecule has 0 spiro atoms. The highest BCUT2D eigenvalue weighted by Crippen LogP contribution is 2.17. The third-order valence-electron chi connectivity index (χ3n) is 3.77. The molecule has 4 nitrogen and oxygen atoms in total. The average molecular weight is 308 g/mol. The maximum Gasteiger partial charge on any atom is 0.220 e. The van der Waals surface area contributed by atoms with Gasteiger partial charge in [0.15, 0.2) is 11.5 Å². The molecule has 1 heterocycles. The van der Waals surface area contributed by atoms with Crippen LogP contribution in [-0.4, -0.2) is 10.9 Å². The standard InChI is InChI=1S/C19H20N2O2/c1-13-4-3-5-16(10-13)12-20-19(22)9-7-15-6-8-18-17(11-15)21-14(2)23-18/h3-6,8,10-11H,7,9,12H2,1-2H3,(H,20,22). The summed E-state index contributed by atoms with van der Waals surface area (Å²) in [7, 11) is 0. The lowest BCUT2D eigenvalue weighted by atomic mass is 10.1. The fourth-order valence-corrected chi connectivity index (χ4v) is 2.61. The van der Waals surface area contributed by atoms with Gasteiger partial charge in [-0.05, 0) is 36.6 Å². The summed E-state index contributed by atoms with van der Waals surface area (Å²) in [6.07, 6.45) is 1.16. The van der Waals surface area contributed by atoms with Crippen LogP contribution in [-0.2, 0) is 17.8 Å². The van der Waals surface area contributed by atoms with Gasteiger partial charge in [-0.3, -0.25) is 4.79 Å². The minimum atomic E-state index is 0.0583. The van der Waals surface area contributed by atoms with Gasteiger partial charge < -0.3 is 9.73 Å². The van der Waals surface area contributed by atoms with E-state index in [1.165, 1.54) is 5.56 Å². The van der Waals surface area contributed by atoms with Gasteiger partial charge in [-0.1, -0.05) is 35.9 Å². The largest absolute Gasteiger partial charge is 0.441 e. The molecule has 0 aliphatic heterocycles. The molecule has 0 saturated carbocycles. The van der Waals surface area contributed by atoms with Gasteiger partial charge >= 0.3 is 0 Å². The van der Waals surface area contributed by atoms with Crippen LogP contribution in [0.1, 0.15) is 29.0 Å². The summed E-state index contributed by atoms with van der Waals surface area (Å²) in [4.78, 5) is 16.3. The number of carbonyl (C=O) groups is 1. The third-order valence-corrected chi connectivity index (χ3v) is 3.77. The van der Waals surface area contributed by atoms with E-state index in [0.717, 1.165) is 22.2 Å². The predicted octanol–water partition coefficient (Wildman–Crippen LogP) is 3.69. The van der Waals surface area contributed by atoms with Crippen LogP contribution in [0.15, 0.2) is 46.9 Å². The Labute approximate surface area is 135 Å². The number of oxazole rings is 1. The Bertz CT molecular complexity index is 836. The minimum Gasteiger partial charge on any atom is -0.441 e. The molecule has 0 aliphatic rings. The quantitative estimate of drug-likeness (QED) is 0.782. The lowest BCUT2D eigenvalue weighted by Crippen LogP contribution is -2.23. The Kier molecular flexibility index (Phi) is 4.42. The van der Waals surface area contributed by atoms with Crippen molar-refractivity contribution in [1.82, 2.24) is 10.3 Å². The highest BCUT2D eigenvalue weighted by Gasteiger charge is 2.06. The second-order valence-electron chi connectivity index (χ2n) is 5.80. The van der Waals surface area contributed by atoms with Crippen molar-refractivity contribution in [1.29, 1.82) is 0 Å². The first kappa shape index (κ1) is 15.3. The van der Waals surface area contributed by atoms with Crippen molar-refractivity contribution in [3.8, 4) is 0 Å². The number of benzene rings is 2. The molecular weight excluding hydrogens is 288 g/mol. The Balaban J connectivity index is 1.53. The van der Waals surface area contributed by atoms with E-state index >= 15 is 0 Å². The molecule has 0 atom stereocenters. The topological polar surface area (TPSA) is 55.1 Å². The van der Waals surface area contributed by atoms with Crippen LogP contribution in [0.2, 0.25) is 0 Å². The van der Waals surface area contributed by atoms with Gasteiger partial charge in [0, 0.05) is 19.9 Å². The van der Waals surface area contributed by atoms with E-state index in [-0.39, 0.29) is 5.91 Å². The Morgan fingerprint density at radius 2 is 2.00 bits per heavy atom. The van der Waals surface area contributed by atoms with Gasteiger partial charge in [-0.25, -0.2) is 4.98 Å². The normalized spacial score (nSPS) is 10.9. The summed E-state index contributed by atoms with van der Waals surface area (Å²) in [5, 5.41) is 2.96. The molecule has 1 N–H and O–H groups in total. The van der Waals surface area contributed by atoms with Gasteiger partial charge in [0.2, 0.25) is 5.91 Å². The number of hydrogen-bond acceptors (Lipinski definition) is 3. The van der Waals surface area contributed by atoms with Gasteiger partial charge in [0.1, 0.15) is 5.52 Å². The third kappa shape index (κ3) is 3.97. The average Bonchev–Trinajstić information content (AvgIpc) is 2.90. The molecule has 0 radical (unpaired) electrons. The van der Waals surface area contributed by atoms with Crippen LogP contribution in [0.3, 0.4) is 0 Å². The maximum atomic E-state index is 12.0. The number of rotatable bonds is 5. The highest BCUT2D eigenvalue weighted by atomic mass is 16.3. The summed E-state index contributed by atoms with van der Waals surface area (Å²) in [5.41, 5.74) is 5.05. The van der Waals surface area contributed by atoms with Crippen molar-refractivity contribution in [3.63, 3.8) is 0 Å². The molecule has 3 rings (SSSR count). The first-order valence-electron chi connectivity index (χ1n) is 7.78. The summed E-state index contributed by atoms with van der Waals surface area (Å²) in [6, 6.07) is 14.0. The van der Waals surface area contributed by atoms with Crippen LogP contribution in [0.25, 0.3) is 11.1 Å². The molecule has 0 unspecified atom stereocenters. The molecule has 0 aliphatic carbocycles. The Hall–Kier alpha value is -2.62. The molecule has 23 heavy (non-hydrogen) atoms. The first-order valence-corrected chi connectivity index (χ1v) is 7.78. The number of nitrogens with zero attached hydrogens (tertiary/aromatic N) is 1. The first-order chi connectivity index (χ1) is 11.1. The van der Waals surface area contributed by atoms with Crippen LogP contribution < -0.4 is 5.32 Å². The van der Waals surface area contributed by atoms with E-state index in [0.29, 0.717) is 25.3 Å². The number of amides is 1. The fourth-order valence-electron chi connectivity index (χ4n) is 2.61. The molecule has 0 bridgehead atoms. The number of aryl methyl sites for hydroxylation is 3. The van der Waals surface area contributed by atoms with Gasteiger partial charge in [-0.15, -0.1) is 0 Å². The Morgan fingerprint density at radius 3 is 2.83 bits per heavy atom. The zero-order valence-corrected chi connectivity index (χ0v) is 13.4. The van der Waals surface area contributed by atoms with E-state index in [2.05, 4.69) is 16.4 Å². The van der Waals surface area contributed by atoms with Gasteiger partial charge in [-0.2, -0.15) is 0 Å². The van der Waals surface area contributed by atoms with Crippen molar-refractivity contribution >= 4 is 17.0 Å². The molecular formula is C19H20N2O2. The highest BCUT2D eigenvalue weighted by molar-refractivity contribution is 5.77. The zero-order valence-electron chi connectivity index (χ0n) is 13.4. The summed E-state index contributed by atoms with van der Waals surface area (Å²) < 4.78 is 5.46. The lowest BCUT2D eigenvalue weighted by Gasteiger charge is -2.06. The summed E-state index contributed by atoms with van der Waals surface area (Å²) in [6.45, 7) is 4.45. The molecule has 118 valence electrons. The van der Waals surface area contributed by atoms with Crippen molar-refractivity contribution in [3.05, 3.63) is 65.0 Å². The van der Waals surface area contributed by atoms with E-state index in [4.69, 9.17) is 4.42 Å². The molecule has 4 heteroatoms. The van der Waals surface area contributed by atoms with E-state index in [1.54, 1.807) is 0 Å². The van der Waals surface area contributed by atoms with E-state index in [1.807, 2.05) is 50.2 Å². The fraction of sp³-hybridized carbons (Fsp3) is 0.263. The lowest BCUT2D eigenvalue weighted by molar-refractivity contribution is -0.121. The number of carbonyl (C=O) groups excluding carboxylic acids is 1. The molecule has 1 amide bonds. The second kappa shape index (κ2) is 6.65. The smallest absolute Gasteiger partial charge is 0.220 e. The van der Waals surface area contributed by atoms with Crippen molar-refractivity contribution in [2.75, 3.05) is 0 Å². The number of aromatic nitrogens is 1. The maximum absolute atomic E-state index is 12.0. The summed E-state index contributed by atoms with van der Waals surface area (Å²) >= 11 is 0. The molecule has 3 aromatic rings. The second-order valence-corrected chi connectivity index (χ2v) is 5.80.